The lowest BCUT2D eigenvalue weighted by Gasteiger charge is -2.13. The Bertz CT molecular complexity index is 906. The van der Waals surface area contributed by atoms with E-state index in [0.29, 0.717) is 17.4 Å². The summed E-state index contributed by atoms with van der Waals surface area (Å²) in [6.45, 7) is 0. The summed E-state index contributed by atoms with van der Waals surface area (Å²) < 4.78 is 22.5. The first-order valence-electron chi connectivity index (χ1n) is 7.97. The molecule has 0 aromatic heterocycles. The van der Waals surface area contributed by atoms with Crippen molar-refractivity contribution in [2.24, 2.45) is 11.1 Å². The van der Waals surface area contributed by atoms with E-state index in [0.717, 1.165) is 12.8 Å². The standard InChI is InChI=1S/C18H18N2O3S/c19-24(22,23)13-8-5-12(6-9-13)18(21)20-17-15-10-7-11-3-1-2-4-14(11)16(15)17/h1-6,8-9,15-17H,7,10H2,(H,20,21)(H2,19,22,23). The van der Waals surface area contributed by atoms with Crippen LogP contribution < -0.4 is 10.5 Å². The molecule has 0 bridgehead atoms. The third-order valence-corrected chi connectivity index (χ3v) is 6.00. The second-order valence-corrected chi connectivity index (χ2v) is 8.06. The van der Waals surface area contributed by atoms with Gasteiger partial charge in [0.25, 0.3) is 5.91 Å². The minimum Gasteiger partial charge on any atom is -0.348 e. The Hall–Kier alpha value is -2.18. The van der Waals surface area contributed by atoms with Crippen LogP contribution in [-0.2, 0) is 16.4 Å². The molecular formula is C18H18N2O3S. The van der Waals surface area contributed by atoms with Crippen molar-refractivity contribution in [3.05, 3.63) is 65.2 Å². The smallest absolute Gasteiger partial charge is 0.251 e. The van der Waals surface area contributed by atoms with Gasteiger partial charge in [-0.15, -0.1) is 0 Å². The molecule has 2 aromatic carbocycles. The van der Waals surface area contributed by atoms with Crippen molar-refractivity contribution in [2.75, 3.05) is 0 Å². The van der Waals surface area contributed by atoms with Gasteiger partial charge in [0.05, 0.1) is 4.90 Å². The van der Waals surface area contributed by atoms with Crippen LogP contribution in [0.1, 0.15) is 33.8 Å². The quantitative estimate of drug-likeness (QED) is 0.891. The van der Waals surface area contributed by atoms with Crippen LogP contribution in [0.25, 0.3) is 0 Å². The number of carbonyl (C=O) groups excluding carboxylic acids is 1. The van der Waals surface area contributed by atoms with Crippen LogP contribution in [-0.4, -0.2) is 20.4 Å². The van der Waals surface area contributed by atoms with Crippen molar-refractivity contribution in [3.8, 4) is 0 Å². The lowest BCUT2D eigenvalue weighted by Crippen LogP contribution is -2.27. The molecule has 124 valence electrons. The number of carbonyl (C=O) groups is 1. The molecule has 0 radical (unpaired) electrons. The number of fused-ring (bicyclic) bond motifs is 3. The van der Waals surface area contributed by atoms with Crippen LogP contribution in [0.3, 0.4) is 0 Å². The van der Waals surface area contributed by atoms with Crippen LogP contribution in [0.5, 0.6) is 0 Å². The van der Waals surface area contributed by atoms with E-state index in [9.17, 15) is 13.2 Å². The van der Waals surface area contributed by atoms with E-state index in [2.05, 4.69) is 23.5 Å². The lowest BCUT2D eigenvalue weighted by molar-refractivity contribution is 0.0948. The third-order valence-electron chi connectivity index (χ3n) is 5.07. The molecule has 2 aromatic rings. The average molecular weight is 342 g/mol. The highest BCUT2D eigenvalue weighted by atomic mass is 32.2. The third kappa shape index (κ3) is 2.61. The van der Waals surface area contributed by atoms with Crippen molar-refractivity contribution in [3.63, 3.8) is 0 Å². The van der Waals surface area contributed by atoms with E-state index in [-0.39, 0.29) is 16.8 Å². The molecule has 6 heteroatoms. The first-order valence-corrected chi connectivity index (χ1v) is 9.51. The Morgan fingerprint density at radius 2 is 1.79 bits per heavy atom. The largest absolute Gasteiger partial charge is 0.348 e. The van der Waals surface area contributed by atoms with Crippen molar-refractivity contribution in [1.82, 2.24) is 5.32 Å². The SMILES string of the molecule is NS(=O)(=O)c1ccc(C(=O)NC2C3CCc4ccccc4C32)cc1. The molecule has 5 nitrogen and oxygen atoms in total. The van der Waals surface area contributed by atoms with E-state index in [1.165, 1.54) is 35.4 Å². The van der Waals surface area contributed by atoms with Crippen molar-refractivity contribution in [2.45, 2.75) is 29.7 Å². The number of hydrogen-bond donors (Lipinski definition) is 2. The van der Waals surface area contributed by atoms with Crippen LogP contribution in [0, 0.1) is 5.92 Å². The zero-order valence-corrected chi connectivity index (χ0v) is 13.8. The maximum atomic E-state index is 12.4. The summed E-state index contributed by atoms with van der Waals surface area (Å²) in [6, 6.07) is 14.3. The second-order valence-electron chi connectivity index (χ2n) is 6.50. The number of nitrogens with two attached hydrogens (primary N) is 1. The molecule has 24 heavy (non-hydrogen) atoms. The van der Waals surface area contributed by atoms with Gasteiger partial charge < -0.3 is 5.32 Å². The summed E-state index contributed by atoms with van der Waals surface area (Å²) in [5, 5.41) is 8.16. The Kier molecular flexibility index (Phi) is 3.47. The molecule has 3 atom stereocenters. The minimum absolute atomic E-state index is 0.00747. The van der Waals surface area contributed by atoms with Gasteiger partial charge in [0.2, 0.25) is 10.0 Å². The molecule has 0 aliphatic heterocycles. The summed E-state index contributed by atoms with van der Waals surface area (Å²) >= 11 is 0. The van der Waals surface area contributed by atoms with Gasteiger partial charge >= 0.3 is 0 Å². The molecule has 2 aliphatic carbocycles. The first kappa shape index (κ1) is 15.4. The Morgan fingerprint density at radius 1 is 1.08 bits per heavy atom. The fourth-order valence-corrected chi connectivity index (χ4v) is 4.31. The predicted octanol–water partition coefficient (Wildman–Crippen LogP) is 1.79. The monoisotopic (exact) mass is 342 g/mol. The number of amides is 1. The first-order chi connectivity index (χ1) is 11.4. The number of benzene rings is 2. The summed E-state index contributed by atoms with van der Waals surface area (Å²) in [6.07, 6.45) is 2.16. The highest BCUT2D eigenvalue weighted by Gasteiger charge is 2.53. The van der Waals surface area contributed by atoms with Gasteiger partial charge in [0.15, 0.2) is 0 Å². The molecule has 3 unspecified atom stereocenters. The van der Waals surface area contributed by atoms with E-state index in [4.69, 9.17) is 5.14 Å². The molecule has 4 rings (SSSR count). The van der Waals surface area contributed by atoms with Gasteiger partial charge in [-0.1, -0.05) is 24.3 Å². The Morgan fingerprint density at radius 3 is 2.50 bits per heavy atom. The van der Waals surface area contributed by atoms with E-state index < -0.39 is 10.0 Å². The Labute approximate surface area is 140 Å². The van der Waals surface area contributed by atoms with Crippen LogP contribution >= 0.6 is 0 Å². The van der Waals surface area contributed by atoms with E-state index in [1.807, 2.05) is 6.07 Å². The van der Waals surface area contributed by atoms with E-state index >= 15 is 0 Å². The summed E-state index contributed by atoms with van der Waals surface area (Å²) in [5.41, 5.74) is 3.18. The molecule has 3 N–H and O–H groups in total. The minimum atomic E-state index is -3.74. The van der Waals surface area contributed by atoms with Gasteiger partial charge in [-0.25, -0.2) is 13.6 Å². The summed E-state index contributed by atoms with van der Waals surface area (Å²) in [7, 11) is -3.74. The molecule has 0 spiro atoms. The molecule has 0 saturated heterocycles. The highest BCUT2D eigenvalue weighted by Crippen LogP contribution is 2.54. The maximum Gasteiger partial charge on any atom is 0.251 e. The summed E-state index contributed by atoms with van der Waals surface area (Å²) in [4.78, 5) is 12.4. The molecule has 1 saturated carbocycles. The fourth-order valence-electron chi connectivity index (χ4n) is 3.79. The van der Waals surface area contributed by atoms with E-state index in [1.54, 1.807) is 0 Å². The van der Waals surface area contributed by atoms with Gasteiger partial charge in [-0.05, 0) is 54.2 Å². The van der Waals surface area contributed by atoms with Crippen molar-refractivity contribution in [1.29, 1.82) is 0 Å². The lowest BCUT2D eigenvalue weighted by atomic mass is 9.92. The number of hydrogen-bond acceptors (Lipinski definition) is 3. The molecule has 1 amide bonds. The number of sulfonamides is 1. The predicted molar refractivity (Wildman–Crippen MR) is 90.1 cm³/mol. The topological polar surface area (TPSA) is 89.3 Å². The fraction of sp³-hybridized carbons (Fsp3) is 0.278. The average Bonchev–Trinajstić information content (AvgIpc) is 3.27. The van der Waals surface area contributed by atoms with Gasteiger partial charge in [0, 0.05) is 17.5 Å². The van der Waals surface area contributed by atoms with Gasteiger partial charge in [-0.2, -0.15) is 0 Å². The number of rotatable bonds is 3. The van der Waals surface area contributed by atoms with Crippen molar-refractivity contribution < 1.29 is 13.2 Å². The van der Waals surface area contributed by atoms with Crippen LogP contribution in [0.2, 0.25) is 0 Å². The molecule has 1 fully saturated rings. The zero-order chi connectivity index (χ0) is 16.9. The van der Waals surface area contributed by atoms with Gasteiger partial charge in [0.1, 0.15) is 0 Å². The number of primary sulfonamides is 1. The van der Waals surface area contributed by atoms with Crippen molar-refractivity contribution >= 4 is 15.9 Å². The maximum absolute atomic E-state index is 12.4. The second kappa shape index (κ2) is 5.43. The zero-order valence-electron chi connectivity index (χ0n) is 13.0. The molecule has 2 aliphatic rings. The molecular weight excluding hydrogens is 324 g/mol. The van der Waals surface area contributed by atoms with Gasteiger partial charge in [-0.3, -0.25) is 4.79 Å². The highest BCUT2D eigenvalue weighted by molar-refractivity contribution is 7.89. The van der Waals surface area contributed by atoms with Crippen LogP contribution in [0.15, 0.2) is 53.4 Å². The molecule has 0 heterocycles. The Balaban J connectivity index is 1.49. The number of nitrogens with one attached hydrogen (secondary N) is 1. The normalized spacial score (nSPS) is 24.6. The summed E-state index contributed by atoms with van der Waals surface area (Å²) in [5.74, 6) is 0.739. The van der Waals surface area contributed by atoms with Crippen LogP contribution in [0.4, 0.5) is 0 Å². The number of aryl methyl sites for hydroxylation is 1.